The molecule has 7 heteroatoms. The van der Waals surface area contributed by atoms with Gasteiger partial charge in [-0.1, -0.05) is 35.9 Å². The predicted octanol–water partition coefficient (Wildman–Crippen LogP) is 5.06. The zero-order valence-corrected chi connectivity index (χ0v) is 17.8. The van der Waals surface area contributed by atoms with E-state index in [1.165, 1.54) is 37.5 Å². The van der Waals surface area contributed by atoms with Gasteiger partial charge in [0.1, 0.15) is 23.4 Å². The van der Waals surface area contributed by atoms with Crippen LogP contribution < -0.4 is 9.47 Å². The van der Waals surface area contributed by atoms with Gasteiger partial charge in [0.25, 0.3) is 0 Å². The second kappa shape index (κ2) is 9.45. The average molecular weight is 437 g/mol. The lowest BCUT2D eigenvalue weighted by Gasteiger charge is -2.12. The topological polar surface area (TPSA) is 76.4 Å². The number of halogens is 1. The molecule has 158 valence electrons. The van der Waals surface area contributed by atoms with Crippen molar-refractivity contribution in [2.45, 2.75) is 18.4 Å². The molecule has 0 aromatic heterocycles. The molecule has 0 bridgehead atoms. The normalized spacial score (nSPS) is 11.6. The van der Waals surface area contributed by atoms with Gasteiger partial charge in [0.05, 0.1) is 12.0 Å². The summed E-state index contributed by atoms with van der Waals surface area (Å²) in [7, 11) is -2.49. The van der Waals surface area contributed by atoms with Crippen molar-refractivity contribution in [3.63, 3.8) is 0 Å². The summed E-state index contributed by atoms with van der Waals surface area (Å²) in [5, 5.41) is 9.47. The third-order valence-electron chi connectivity index (χ3n) is 4.52. The van der Waals surface area contributed by atoms with Gasteiger partial charge in [0.15, 0.2) is 11.5 Å². The molecule has 0 spiro atoms. The largest absolute Gasteiger partial charge is 0.493 e. The third-order valence-corrected chi connectivity index (χ3v) is 6.20. The van der Waals surface area contributed by atoms with Crippen LogP contribution >= 0.6 is 0 Å². The van der Waals surface area contributed by atoms with Gasteiger partial charge < -0.3 is 9.47 Å². The molecule has 3 aromatic rings. The smallest absolute Gasteiger partial charge is 0.216 e. The van der Waals surface area contributed by atoms with Crippen molar-refractivity contribution < 1.29 is 22.3 Å². The lowest BCUT2D eigenvalue weighted by atomic mass is 10.2. The molecule has 0 radical (unpaired) electrons. The number of hydrogen-bond acceptors (Lipinski definition) is 5. The molecule has 0 N–H and O–H groups in total. The zero-order valence-electron chi connectivity index (χ0n) is 17.0. The van der Waals surface area contributed by atoms with Gasteiger partial charge in [-0.15, -0.1) is 0 Å². The highest BCUT2D eigenvalue weighted by Crippen LogP contribution is 2.31. The molecule has 0 saturated heterocycles. The molecule has 0 aliphatic rings. The number of aryl methyl sites for hydroxylation is 1. The van der Waals surface area contributed by atoms with Gasteiger partial charge >= 0.3 is 0 Å². The molecule has 0 fully saturated rings. The highest BCUT2D eigenvalue weighted by Gasteiger charge is 2.21. The van der Waals surface area contributed by atoms with Crippen molar-refractivity contribution in [2.24, 2.45) is 0 Å². The lowest BCUT2D eigenvalue weighted by molar-refractivity contribution is 0.284. The maximum Gasteiger partial charge on any atom is 0.216 e. The summed E-state index contributed by atoms with van der Waals surface area (Å²) in [6.45, 7) is 2.06. The van der Waals surface area contributed by atoms with Crippen molar-refractivity contribution in [2.75, 3.05) is 7.11 Å². The van der Waals surface area contributed by atoms with Crippen LogP contribution in [0.3, 0.4) is 0 Å². The Kier molecular flexibility index (Phi) is 6.73. The second-order valence-corrected chi connectivity index (χ2v) is 8.68. The summed E-state index contributed by atoms with van der Waals surface area (Å²) < 4.78 is 49.7. The molecular formula is C24H20FNO4S. The Morgan fingerprint density at radius 2 is 1.71 bits per heavy atom. The number of nitriles is 1. The molecule has 0 saturated carbocycles. The SMILES string of the molecule is COc1cc(C=C(C#N)S(=O)(=O)c2ccc(C)cc2)ccc1OCc1ccc(F)cc1. The molecule has 0 amide bonds. The maximum atomic E-state index is 13.0. The average Bonchev–Trinajstić information content (AvgIpc) is 2.77. The first-order valence-corrected chi connectivity index (χ1v) is 10.8. The van der Waals surface area contributed by atoms with Gasteiger partial charge in [-0.25, -0.2) is 12.8 Å². The molecule has 3 rings (SSSR count). The fourth-order valence-corrected chi connectivity index (χ4v) is 3.96. The number of ether oxygens (including phenoxy) is 2. The van der Waals surface area contributed by atoms with E-state index in [2.05, 4.69) is 0 Å². The van der Waals surface area contributed by atoms with Crippen LogP contribution in [0.25, 0.3) is 6.08 Å². The zero-order chi connectivity index (χ0) is 22.4. The van der Waals surface area contributed by atoms with Crippen LogP contribution in [0.1, 0.15) is 16.7 Å². The molecule has 0 heterocycles. The van der Waals surface area contributed by atoms with Crippen molar-refractivity contribution in [3.05, 3.63) is 94.1 Å². The van der Waals surface area contributed by atoms with Crippen LogP contribution in [0, 0.1) is 24.1 Å². The van der Waals surface area contributed by atoms with Crippen LogP contribution in [0.4, 0.5) is 4.39 Å². The minimum atomic E-state index is -3.95. The van der Waals surface area contributed by atoms with E-state index in [0.29, 0.717) is 17.1 Å². The molecule has 0 aliphatic carbocycles. The van der Waals surface area contributed by atoms with Gasteiger partial charge in [0.2, 0.25) is 9.84 Å². The summed E-state index contributed by atoms with van der Waals surface area (Å²) in [6, 6.07) is 18.9. The van der Waals surface area contributed by atoms with Crippen LogP contribution in [0.15, 0.2) is 76.5 Å². The number of sulfone groups is 1. The Morgan fingerprint density at radius 3 is 2.32 bits per heavy atom. The summed E-state index contributed by atoms with van der Waals surface area (Å²) in [6.07, 6.45) is 1.29. The lowest BCUT2D eigenvalue weighted by Crippen LogP contribution is -2.03. The standard InChI is InChI=1S/C24H20FNO4S/c1-17-3-10-21(11-4-17)31(27,28)22(15-26)13-19-7-12-23(24(14-19)29-2)30-16-18-5-8-20(25)9-6-18/h3-14H,16H2,1-2H3. The first-order valence-electron chi connectivity index (χ1n) is 9.32. The van der Waals surface area contributed by atoms with Crippen LogP contribution in [-0.4, -0.2) is 15.5 Å². The number of methoxy groups -OCH3 is 1. The highest BCUT2D eigenvalue weighted by molar-refractivity contribution is 7.95. The Morgan fingerprint density at radius 1 is 1.03 bits per heavy atom. The van der Waals surface area contributed by atoms with Gasteiger partial charge in [-0.2, -0.15) is 5.26 Å². The van der Waals surface area contributed by atoms with E-state index in [1.54, 1.807) is 48.5 Å². The van der Waals surface area contributed by atoms with E-state index >= 15 is 0 Å². The Labute approximate surface area is 180 Å². The van der Waals surface area contributed by atoms with Crippen molar-refractivity contribution >= 4 is 15.9 Å². The highest BCUT2D eigenvalue weighted by atomic mass is 32.2. The molecule has 31 heavy (non-hydrogen) atoms. The summed E-state index contributed by atoms with van der Waals surface area (Å²) in [5.41, 5.74) is 2.17. The number of rotatable bonds is 7. The first kappa shape index (κ1) is 22.1. The Hall–Kier alpha value is -3.63. The van der Waals surface area contributed by atoms with Gasteiger partial charge in [-0.05, 0) is 60.5 Å². The maximum absolute atomic E-state index is 13.0. The van der Waals surface area contributed by atoms with E-state index in [9.17, 15) is 18.1 Å². The molecule has 5 nitrogen and oxygen atoms in total. The monoisotopic (exact) mass is 437 g/mol. The quantitative estimate of drug-likeness (QED) is 0.483. The van der Waals surface area contributed by atoms with E-state index < -0.39 is 9.84 Å². The summed E-state index contributed by atoms with van der Waals surface area (Å²) in [4.78, 5) is -0.324. The number of nitrogens with zero attached hydrogens (tertiary/aromatic N) is 1. The molecule has 0 atom stereocenters. The van der Waals surface area contributed by atoms with Gasteiger partial charge in [0, 0.05) is 0 Å². The fourth-order valence-electron chi connectivity index (χ4n) is 2.80. The first-order chi connectivity index (χ1) is 14.8. The predicted molar refractivity (Wildman–Crippen MR) is 116 cm³/mol. The van der Waals surface area contributed by atoms with E-state index in [0.717, 1.165) is 11.1 Å². The third kappa shape index (κ3) is 5.30. The van der Waals surface area contributed by atoms with E-state index in [1.807, 2.05) is 6.92 Å². The molecule has 0 unspecified atom stereocenters. The van der Waals surface area contributed by atoms with Crippen molar-refractivity contribution in [1.29, 1.82) is 5.26 Å². The van der Waals surface area contributed by atoms with Crippen molar-refractivity contribution in [1.82, 2.24) is 0 Å². The second-order valence-electron chi connectivity index (χ2n) is 6.76. The molecule has 3 aromatic carbocycles. The number of benzene rings is 3. The molecule has 0 aliphatic heterocycles. The Balaban J connectivity index is 1.86. The minimum Gasteiger partial charge on any atom is -0.493 e. The summed E-state index contributed by atoms with van der Waals surface area (Å²) in [5.74, 6) is 0.483. The minimum absolute atomic E-state index is 0.0529. The molecular weight excluding hydrogens is 417 g/mol. The Bertz CT molecular complexity index is 1240. The number of allylic oxidation sites excluding steroid dienone is 1. The van der Waals surface area contributed by atoms with Crippen LogP contribution in [0.2, 0.25) is 0 Å². The van der Waals surface area contributed by atoms with E-state index in [-0.39, 0.29) is 22.2 Å². The van der Waals surface area contributed by atoms with Crippen LogP contribution in [-0.2, 0) is 16.4 Å². The van der Waals surface area contributed by atoms with Crippen molar-refractivity contribution in [3.8, 4) is 17.6 Å². The summed E-state index contributed by atoms with van der Waals surface area (Å²) >= 11 is 0. The number of hydrogen-bond donors (Lipinski definition) is 0. The van der Waals surface area contributed by atoms with Crippen LogP contribution in [0.5, 0.6) is 11.5 Å². The van der Waals surface area contributed by atoms with Gasteiger partial charge in [-0.3, -0.25) is 0 Å². The fraction of sp³-hybridized carbons (Fsp3) is 0.125. The van der Waals surface area contributed by atoms with E-state index in [4.69, 9.17) is 9.47 Å².